The number of carbonyl (C=O) groups excluding carboxylic acids is 3. The van der Waals surface area contributed by atoms with Crippen LogP contribution < -0.4 is 31.8 Å². The van der Waals surface area contributed by atoms with Crippen LogP contribution in [0.3, 0.4) is 0 Å². The molecule has 0 saturated carbocycles. The Morgan fingerprint density at radius 3 is 2.78 bits per heavy atom. The van der Waals surface area contributed by atoms with Crippen molar-refractivity contribution in [3.63, 3.8) is 0 Å². The fraction of sp³-hybridized carbons (Fsp3) is 0.370. The van der Waals surface area contributed by atoms with E-state index in [1.54, 1.807) is 0 Å². The molecule has 3 aromatic heterocycles. The molecule has 16 nitrogen and oxygen atoms in total. The van der Waals surface area contributed by atoms with Gasteiger partial charge in [-0.3, -0.25) is 14.5 Å². The number of amides is 2. The van der Waals surface area contributed by atoms with Crippen molar-refractivity contribution in [2.45, 2.75) is 44.0 Å². The molecule has 2 amide bonds. The predicted molar refractivity (Wildman–Crippen MR) is 168 cm³/mol. The highest BCUT2D eigenvalue weighted by Crippen LogP contribution is 2.40. The fourth-order valence-electron chi connectivity index (χ4n) is 5.14. The van der Waals surface area contributed by atoms with Crippen LogP contribution in [0.15, 0.2) is 40.8 Å². The lowest BCUT2D eigenvalue weighted by Crippen LogP contribution is -2.71. The minimum absolute atomic E-state index is 0.0124. The second-order valence-corrected chi connectivity index (χ2v) is 13.1. The number of β-lactam (4-membered cyclic amide) rings is 1. The van der Waals surface area contributed by atoms with E-state index >= 15 is 0 Å². The number of hydrogen-bond acceptors (Lipinski definition) is 13. The number of nitrogen functional groups attached to an aromatic ring is 2. The minimum atomic E-state index is -1.53. The zero-order valence-electron chi connectivity index (χ0n) is 24.6. The molecule has 19 heteroatoms. The highest BCUT2D eigenvalue weighted by Gasteiger charge is 2.53. The average molecular weight is 692 g/mol. The van der Waals surface area contributed by atoms with Gasteiger partial charge < -0.3 is 46.5 Å². The molecule has 3 atom stereocenters. The highest BCUT2D eigenvalue weighted by molar-refractivity contribution is 8.00. The Hall–Kier alpha value is -4.39. The molecule has 5 rings (SSSR count). The molecule has 1 unspecified atom stereocenters. The standard InChI is InChI=1S/C27H30ClN9O7S2/c1-12(25(40)41)44-34-18(17-21(28)46-27(30)33-17)22(38)32-19-23(39)37-20(26(42)43)13(11-45-24(19)37)10-35-7-3-5-14-15(35)9-16(29)36(14)8-4-6-31-2/h3,5,7,9,12,19,24,29,31H,4,6,8,10-11H2,1-2H3,(H5,30,32,33,38,40,41,42,43)/b34-18-/t12-,19+,24?/m0/s1. The van der Waals surface area contributed by atoms with Crippen LogP contribution in [0.25, 0.3) is 11.0 Å². The summed E-state index contributed by atoms with van der Waals surface area (Å²) < 4.78 is 3.85. The number of aliphatic carboxylic acids is 2. The lowest BCUT2D eigenvalue weighted by molar-refractivity contribution is -0.663. The minimum Gasteiger partial charge on any atom is -0.543 e. The van der Waals surface area contributed by atoms with Crippen molar-refractivity contribution in [2.24, 2.45) is 5.16 Å². The van der Waals surface area contributed by atoms with Crippen molar-refractivity contribution >= 4 is 86.1 Å². The van der Waals surface area contributed by atoms with E-state index in [-0.39, 0.29) is 33.2 Å². The number of fused-ring (bicyclic) bond motifs is 2. The first-order chi connectivity index (χ1) is 21.9. The van der Waals surface area contributed by atoms with E-state index < -0.39 is 47.0 Å². The van der Waals surface area contributed by atoms with Gasteiger partial charge in [0.25, 0.3) is 11.8 Å². The lowest BCUT2D eigenvalue weighted by atomic mass is 10.0. The summed E-state index contributed by atoms with van der Waals surface area (Å²) in [7, 11) is 1.88. The molecule has 1 saturated heterocycles. The number of aromatic nitrogens is 3. The van der Waals surface area contributed by atoms with Crippen LogP contribution in [0.2, 0.25) is 4.34 Å². The molecule has 3 aromatic rings. The van der Waals surface area contributed by atoms with Crippen molar-refractivity contribution in [2.75, 3.05) is 30.8 Å². The van der Waals surface area contributed by atoms with Gasteiger partial charge in [-0.05, 0) is 33.0 Å². The van der Waals surface area contributed by atoms with Crippen molar-refractivity contribution < 1.29 is 38.8 Å². The second kappa shape index (κ2) is 13.5. The highest BCUT2D eigenvalue weighted by atomic mass is 35.5. The molecule has 46 heavy (non-hydrogen) atoms. The number of nitrogens with zero attached hydrogens (tertiary/aromatic N) is 5. The van der Waals surface area contributed by atoms with Gasteiger partial charge in [0.1, 0.15) is 32.8 Å². The number of carboxylic acid groups (broad SMARTS) is 2. The molecular formula is C27H30ClN9O7S2. The number of carbonyl (C=O) groups is 4. The average Bonchev–Trinajstić information content (AvgIpc) is 3.52. The Kier molecular flexibility index (Phi) is 9.71. The number of halogens is 1. The van der Waals surface area contributed by atoms with Crippen molar-refractivity contribution in [1.29, 1.82) is 0 Å². The Labute approximate surface area is 275 Å². The van der Waals surface area contributed by atoms with Gasteiger partial charge in [-0.1, -0.05) is 28.1 Å². The largest absolute Gasteiger partial charge is 0.543 e. The molecule has 2 aliphatic heterocycles. The normalized spacial score (nSPS) is 18.7. The summed E-state index contributed by atoms with van der Waals surface area (Å²) in [5.41, 5.74) is 13.2. The van der Waals surface area contributed by atoms with E-state index in [9.17, 15) is 24.3 Å². The van der Waals surface area contributed by atoms with Crippen LogP contribution >= 0.6 is 34.7 Å². The number of hydrogen-bond donors (Lipinski definition) is 5. The molecule has 244 valence electrons. The third kappa shape index (κ3) is 6.33. The first-order valence-electron chi connectivity index (χ1n) is 13.9. The third-order valence-corrected chi connectivity index (χ3v) is 9.79. The Balaban J connectivity index is 1.38. The monoisotopic (exact) mass is 691 g/mol. The molecule has 0 aromatic carbocycles. The zero-order valence-corrected chi connectivity index (χ0v) is 26.9. The van der Waals surface area contributed by atoms with E-state index in [1.807, 2.05) is 40.6 Å². The number of nitrogens with one attached hydrogen (secondary N) is 2. The number of rotatable bonds is 13. The lowest BCUT2D eigenvalue weighted by Gasteiger charge is -2.50. The van der Waals surface area contributed by atoms with E-state index in [4.69, 9.17) is 33.0 Å². The Morgan fingerprint density at radius 1 is 1.37 bits per heavy atom. The summed E-state index contributed by atoms with van der Waals surface area (Å²) in [4.78, 5) is 60.3. The summed E-state index contributed by atoms with van der Waals surface area (Å²) in [5.74, 6) is -3.71. The van der Waals surface area contributed by atoms with Gasteiger partial charge in [0.2, 0.25) is 11.6 Å². The summed E-state index contributed by atoms with van der Waals surface area (Å²) in [5, 5.41) is 30.1. The number of pyridine rings is 1. The molecule has 7 N–H and O–H groups in total. The van der Waals surface area contributed by atoms with Crippen LogP contribution in [0.4, 0.5) is 10.9 Å². The fourth-order valence-corrected chi connectivity index (χ4v) is 7.40. The third-order valence-electron chi connectivity index (χ3n) is 7.37. The first-order valence-corrected chi connectivity index (χ1v) is 16.2. The van der Waals surface area contributed by atoms with Gasteiger partial charge in [0.15, 0.2) is 23.6 Å². The van der Waals surface area contributed by atoms with Gasteiger partial charge in [-0.25, -0.2) is 9.78 Å². The van der Waals surface area contributed by atoms with E-state index in [2.05, 4.69) is 20.8 Å². The number of thioether (sulfide) groups is 1. The number of oxime groups is 1. The van der Waals surface area contributed by atoms with Gasteiger partial charge >= 0.3 is 5.97 Å². The second-order valence-electron chi connectivity index (χ2n) is 10.4. The number of thiazole rings is 1. The maximum atomic E-state index is 13.3. The van der Waals surface area contributed by atoms with Crippen LogP contribution in [0.5, 0.6) is 0 Å². The van der Waals surface area contributed by atoms with Crippen LogP contribution in [-0.4, -0.2) is 85.9 Å². The van der Waals surface area contributed by atoms with Gasteiger partial charge in [-0.2, -0.15) is 4.57 Å². The van der Waals surface area contributed by atoms with Crippen molar-refractivity contribution in [3.8, 4) is 0 Å². The van der Waals surface area contributed by atoms with Gasteiger partial charge in [0.05, 0.1) is 17.7 Å². The van der Waals surface area contributed by atoms with Crippen LogP contribution in [0.1, 0.15) is 19.0 Å². The Bertz CT molecular complexity index is 1790. The molecule has 0 aliphatic carbocycles. The van der Waals surface area contributed by atoms with E-state index in [0.717, 1.165) is 40.2 Å². The quantitative estimate of drug-likeness (QED) is 0.0483. The molecule has 0 spiro atoms. The maximum absolute atomic E-state index is 13.3. The van der Waals surface area contributed by atoms with Crippen LogP contribution in [0, 0.1) is 0 Å². The molecule has 1 fully saturated rings. The molecule has 0 radical (unpaired) electrons. The summed E-state index contributed by atoms with van der Waals surface area (Å²) in [6, 6.07) is 4.46. The predicted octanol–water partition coefficient (Wildman–Crippen LogP) is -0.889. The van der Waals surface area contributed by atoms with Crippen molar-refractivity contribution in [1.82, 2.24) is 25.1 Å². The van der Waals surface area contributed by atoms with Gasteiger partial charge in [-0.15, -0.1) is 11.8 Å². The van der Waals surface area contributed by atoms with E-state index in [1.165, 1.54) is 18.7 Å². The zero-order chi connectivity index (χ0) is 33.3. The van der Waals surface area contributed by atoms with Gasteiger partial charge in [0, 0.05) is 23.9 Å². The van der Waals surface area contributed by atoms with E-state index in [0.29, 0.717) is 17.9 Å². The molecule has 2 aliphatic rings. The number of carboxylic acids is 2. The number of aryl methyl sites for hydroxylation is 1. The first kappa shape index (κ1) is 33.0. The Morgan fingerprint density at radius 2 is 2.13 bits per heavy atom. The topological polar surface area (TPSA) is 234 Å². The smallest absolute Gasteiger partial charge is 0.347 e. The maximum Gasteiger partial charge on any atom is 0.347 e. The van der Waals surface area contributed by atoms with Crippen molar-refractivity contribution in [3.05, 3.63) is 45.7 Å². The molecule has 5 heterocycles. The summed E-state index contributed by atoms with van der Waals surface area (Å²) >= 11 is 8.29. The number of nitrogens with two attached hydrogens (primary N) is 2. The molecule has 0 bridgehead atoms. The van der Waals surface area contributed by atoms with Crippen LogP contribution in [-0.2, 0) is 37.1 Å². The summed E-state index contributed by atoms with van der Waals surface area (Å²) in [6.45, 7) is 2.86. The number of anilines is 2. The molecular weight excluding hydrogens is 662 g/mol. The summed E-state index contributed by atoms with van der Waals surface area (Å²) in [6.07, 6.45) is 1.25. The SMILES string of the molecule is CNCCCn1c(N)cc2c1ccc[n+]2CC1=C(C(=O)[O-])N2C(=O)[C@@H](NC(=O)/C(=N\O[C@@H](C)C(=O)O)c3nc(N)sc3Cl)C2SC1.